The highest BCUT2D eigenvalue weighted by molar-refractivity contribution is 6.30. The summed E-state index contributed by atoms with van der Waals surface area (Å²) in [4.78, 5) is 0. The van der Waals surface area contributed by atoms with Crippen molar-refractivity contribution in [3.05, 3.63) is 69.5 Å². The van der Waals surface area contributed by atoms with Crippen LogP contribution in [0, 0.1) is 19.7 Å². The highest BCUT2D eigenvalue weighted by Gasteiger charge is 2.20. The molecule has 0 aliphatic carbocycles. The summed E-state index contributed by atoms with van der Waals surface area (Å²) in [7, 11) is 0. The van der Waals surface area contributed by atoms with Crippen molar-refractivity contribution in [3.8, 4) is 0 Å². The van der Waals surface area contributed by atoms with Crippen molar-refractivity contribution in [3.63, 3.8) is 0 Å². The van der Waals surface area contributed by atoms with Crippen LogP contribution in [0.2, 0.25) is 5.02 Å². The first-order valence-electron chi connectivity index (χ1n) is 6.79. The third kappa shape index (κ3) is 3.02. The molecule has 3 heteroatoms. The molecule has 0 amide bonds. The Hall–Kier alpha value is -1.38. The van der Waals surface area contributed by atoms with Crippen molar-refractivity contribution in [2.45, 2.75) is 26.8 Å². The molecule has 0 saturated carbocycles. The topological polar surface area (TPSA) is 12.0 Å². The van der Waals surface area contributed by atoms with Crippen LogP contribution in [0.1, 0.15) is 35.2 Å². The fraction of sp³-hybridized carbons (Fsp3) is 0.294. The van der Waals surface area contributed by atoms with E-state index in [-0.39, 0.29) is 11.9 Å². The maximum absolute atomic E-state index is 14.2. The number of aryl methyl sites for hydroxylation is 2. The Balaban J connectivity index is 2.56. The van der Waals surface area contributed by atoms with E-state index in [1.54, 1.807) is 12.1 Å². The average molecular weight is 292 g/mol. The maximum atomic E-state index is 14.2. The van der Waals surface area contributed by atoms with Crippen molar-refractivity contribution < 1.29 is 4.39 Å². The van der Waals surface area contributed by atoms with Gasteiger partial charge in [-0.2, -0.15) is 0 Å². The van der Waals surface area contributed by atoms with E-state index in [0.717, 1.165) is 23.2 Å². The molecule has 0 fully saturated rings. The standard InChI is InChI=1S/C17H19ClFN/c1-4-20-17(14-9-8-13(18)10-15(14)19)16-11(2)6-5-7-12(16)3/h5-10,17,20H,4H2,1-3H3. The lowest BCUT2D eigenvalue weighted by molar-refractivity contribution is 0.556. The molecule has 2 rings (SSSR count). The van der Waals surface area contributed by atoms with Crippen LogP contribution >= 0.6 is 11.6 Å². The quantitative estimate of drug-likeness (QED) is 0.853. The normalized spacial score (nSPS) is 12.4. The Kier molecular flexibility index (Phi) is 4.79. The van der Waals surface area contributed by atoms with Gasteiger partial charge in [0, 0.05) is 10.6 Å². The van der Waals surface area contributed by atoms with Gasteiger partial charge in [-0.15, -0.1) is 0 Å². The van der Waals surface area contributed by atoms with Crippen molar-refractivity contribution in [1.29, 1.82) is 0 Å². The zero-order valence-corrected chi connectivity index (χ0v) is 12.8. The zero-order chi connectivity index (χ0) is 14.7. The van der Waals surface area contributed by atoms with E-state index in [1.165, 1.54) is 6.07 Å². The van der Waals surface area contributed by atoms with Gasteiger partial charge in [0.2, 0.25) is 0 Å². The summed E-state index contributed by atoms with van der Waals surface area (Å²) in [6.07, 6.45) is 0. The molecule has 1 unspecified atom stereocenters. The lowest BCUT2D eigenvalue weighted by Gasteiger charge is -2.23. The number of hydrogen-bond donors (Lipinski definition) is 1. The Bertz CT molecular complexity index is 590. The summed E-state index contributed by atoms with van der Waals surface area (Å²) in [6, 6.07) is 10.8. The minimum atomic E-state index is -0.272. The smallest absolute Gasteiger partial charge is 0.129 e. The van der Waals surface area contributed by atoms with Crippen LogP contribution in [0.5, 0.6) is 0 Å². The monoisotopic (exact) mass is 291 g/mol. The summed E-state index contributed by atoms with van der Waals surface area (Å²) in [5.74, 6) is -0.272. The molecule has 1 N–H and O–H groups in total. The molecule has 0 aromatic heterocycles. The van der Waals surface area contributed by atoms with E-state index in [4.69, 9.17) is 11.6 Å². The SMILES string of the molecule is CCNC(c1ccc(Cl)cc1F)c1c(C)cccc1C. The number of nitrogens with one attached hydrogen (secondary N) is 1. The summed E-state index contributed by atoms with van der Waals surface area (Å²) < 4.78 is 14.2. The molecule has 2 aromatic carbocycles. The third-order valence-corrected chi connectivity index (χ3v) is 3.75. The lowest BCUT2D eigenvalue weighted by atomic mass is 9.91. The van der Waals surface area contributed by atoms with Crippen LogP contribution in [0.25, 0.3) is 0 Å². The molecule has 0 saturated heterocycles. The first-order chi connectivity index (χ1) is 9.54. The second-order valence-electron chi connectivity index (χ2n) is 4.96. The van der Waals surface area contributed by atoms with E-state index in [9.17, 15) is 4.39 Å². The van der Waals surface area contributed by atoms with Crippen molar-refractivity contribution >= 4 is 11.6 Å². The van der Waals surface area contributed by atoms with E-state index in [1.807, 2.05) is 13.0 Å². The summed E-state index contributed by atoms with van der Waals surface area (Å²) in [5, 5.41) is 3.79. The molecular formula is C17H19ClFN. The molecule has 0 aliphatic rings. The molecule has 0 aliphatic heterocycles. The number of halogens is 2. The Morgan fingerprint density at radius 1 is 1.15 bits per heavy atom. The molecule has 0 spiro atoms. The number of benzene rings is 2. The Labute approximate surface area is 124 Å². The number of hydrogen-bond acceptors (Lipinski definition) is 1. The van der Waals surface area contributed by atoms with Crippen LogP contribution < -0.4 is 5.32 Å². The largest absolute Gasteiger partial charge is 0.306 e. The summed E-state index contributed by atoms with van der Waals surface area (Å²) in [6.45, 7) is 6.90. The summed E-state index contributed by atoms with van der Waals surface area (Å²) >= 11 is 5.85. The molecule has 0 bridgehead atoms. The van der Waals surface area contributed by atoms with Gasteiger partial charge in [0.15, 0.2) is 0 Å². The van der Waals surface area contributed by atoms with Crippen molar-refractivity contribution in [2.75, 3.05) is 6.54 Å². The number of rotatable bonds is 4. The first kappa shape index (κ1) is 15.0. The molecule has 1 nitrogen and oxygen atoms in total. The molecule has 0 heterocycles. The van der Waals surface area contributed by atoms with Crippen LogP contribution in [-0.4, -0.2) is 6.54 Å². The zero-order valence-electron chi connectivity index (χ0n) is 12.0. The van der Waals surface area contributed by atoms with Gasteiger partial charge in [0.1, 0.15) is 5.82 Å². The third-order valence-electron chi connectivity index (χ3n) is 3.51. The van der Waals surface area contributed by atoms with Gasteiger partial charge in [-0.3, -0.25) is 0 Å². The Morgan fingerprint density at radius 2 is 1.80 bits per heavy atom. The molecule has 20 heavy (non-hydrogen) atoms. The van der Waals surface area contributed by atoms with Crippen LogP contribution in [-0.2, 0) is 0 Å². The highest BCUT2D eigenvalue weighted by atomic mass is 35.5. The second-order valence-corrected chi connectivity index (χ2v) is 5.40. The predicted octanol–water partition coefficient (Wildman–Crippen LogP) is 4.79. The lowest BCUT2D eigenvalue weighted by Crippen LogP contribution is -2.24. The van der Waals surface area contributed by atoms with Gasteiger partial charge in [-0.05, 0) is 49.2 Å². The minimum absolute atomic E-state index is 0.154. The molecule has 0 radical (unpaired) electrons. The summed E-state index contributed by atoms with van der Waals surface area (Å²) in [5.41, 5.74) is 4.08. The van der Waals surface area contributed by atoms with Crippen molar-refractivity contribution in [2.24, 2.45) is 0 Å². The predicted molar refractivity (Wildman–Crippen MR) is 82.8 cm³/mol. The first-order valence-corrected chi connectivity index (χ1v) is 7.16. The van der Waals surface area contributed by atoms with Gasteiger partial charge in [0.25, 0.3) is 0 Å². The van der Waals surface area contributed by atoms with Gasteiger partial charge in [0.05, 0.1) is 6.04 Å². The fourth-order valence-corrected chi connectivity index (χ4v) is 2.75. The van der Waals surface area contributed by atoms with Gasteiger partial charge >= 0.3 is 0 Å². The van der Waals surface area contributed by atoms with Crippen LogP contribution in [0.3, 0.4) is 0 Å². The average Bonchev–Trinajstić information content (AvgIpc) is 2.38. The van der Waals surface area contributed by atoms with E-state index in [2.05, 4.69) is 31.3 Å². The van der Waals surface area contributed by atoms with Gasteiger partial charge < -0.3 is 5.32 Å². The van der Waals surface area contributed by atoms with E-state index < -0.39 is 0 Å². The van der Waals surface area contributed by atoms with Crippen LogP contribution in [0.4, 0.5) is 4.39 Å². The fourth-order valence-electron chi connectivity index (χ4n) is 2.59. The van der Waals surface area contributed by atoms with Gasteiger partial charge in [-0.1, -0.05) is 42.8 Å². The minimum Gasteiger partial charge on any atom is -0.306 e. The highest BCUT2D eigenvalue weighted by Crippen LogP contribution is 2.30. The second kappa shape index (κ2) is 6.38. The van der Waals surface area contributed by atoms with E-state index in [0.29, 0.717) is 10.6 Å². The molecule has 106 valence electrons. The van der Waals surface area contributed by atoms with Crippen LogP contribution in [0.15, 0.2) is 36.4 Å². The Morgan fingerprint density at radius 3 is 2.35 bits per heavy atom. The molecular weight excluding hydrogens is 273 g/mol. The maximum Gasteiger partial charge on any atom is 0.129 e. The molecule has 1 atom stereocenters. The van der Waals surface area contributed by atoms with Gasteiger partial charge in [-0.25, -0.2) is 4.39 Å². The van der Waals surface area contributed by atoms with E-state index >= 15 is 0 Å². The van der Waals surface area contributed by atoms with Crippen molar-refractivity contribution in [1.82, 2.24) is 5.32 Å². The molecule has 2 aromatic rings.